The molecule has 0 spiro atoms. The number of aromatic nitrogens is 2. The van der Waals surface area contributed by atoms with Crippen LogP contribution in [0.5, 0.6) is 0 Å². The first-order valence-corrected chi connectivity index (χ1v) is 13.0. The first kappa shape index (κ1) is 36.6. The van der Waals surface area contributed by atoms with Crippen LogP contribution >= 0.6 is 15.6 Å². The molecule has 2 saturated heterocycles. The van der Waals surface area contributed by atoms with Crippen LogP contribution in [0.15, 0.2) is 21.9 Å². The second-order valence-corrected chi connectivity index (χ2v) is 10.7. The number of phosphoric ester groups is 2. The molecule has 1 aromatic rings. The molecule has 0 aliphatic carbocycles. The average molecular weight is 612 g/mol. The van der Waals surface area contributed by atoms with Crippen LogP contribution in [-0.4, -0.2) is 171 Å². The van der Waals surface area contributed by atoms with Gasteiger partial charge in [0.1, 0.15) is 42.7 Å². The SMILES string of the molecule is O=c1ccn([C@@H]2O[C@H](COP(=O)(O)OP(=O)(O)O[C@H]3O[C@H](CO)[C@@H](O)[C@H](O)[C@H]3O)[C@@H](O)[C@H]2O)c(=O)[nH]1.[Na].[Na]. The number of ether oxygens (including phenoxy) is 2. The maximum Gasteiger partial charge on any atom is 0.483 e. The third kappa shape index (κ3) is 8.81. The molecule has 9 N–H and O–H groups in total. The summed E-state index contributed by atoms with van der Waals surface area (Å²) in [7, 11) is -11.1. The van der Waals surface area contributed by atoms with Crippen molar-refractivity contribution in [2.75, 3.05) is 13.2 Å². The zero-order valence-corrected chi connectivity index (χ0v) is 25.6. The van der Waals surface area contributed by atoms with Gasteiger partial charge in [-0.2, -0.15) is 4.31 Å². The Hall–Kier alpha value is 0.620. The van der Waals surface area contributed by atoms with Crippen LogP contribution in [0.4, 0.5) is 0 Å². The molecule has 38 heavy (non-hydrogen) atoms. The largest absolute Gasteiger partial charge is 0.483 e. The van der Waals surface area contributed by atoms with E-state index >= 15 is 0 Å². The monoisotopic (exact) mass is 612 g/mol. The Morgan fingerprint density at radius 2 is 1.50 bits per heavy atom. The first-order valence-electron chi connectivity index (χ1n) is 9.99. The predicted octanol–water partition coefficient (Wildman–Crippen LogP) is -5.56. The molecule has 2 radical (unpaired) electrons. The summed E-state index contributed by atoms with van der Waals surface area (Å²) >= 11 is 0. The summed E-state index contributed by atoms with van der Waals surface area (Å²) in [6.45, 7) is -1.93. The molecule has 19 nitrogen and oxygen atoms in total. The minimum atomic E-state index is -5.59. The van der Waals surface area contributed by atoms with Crippen LogP contribution in [0.1, 0.15) is 6.23 Å². The van der Waals surface area contributed by atoms with Gasteiger partial charge >= 0.3 is 21.3 Å². The number of aliphatic hydroxyl groups excluding tert-OH is 6. The summed E-state index contributed by atoms with van der Waals surface area (Å²) in [5.41, 5.74) is -1.75. The Bertz CT molecular complexity index is 1140. The number of nitrogens with one attached hydrogen (secondary N) is 1. The number of phosphoric acid groups is 2. The van der Waals surface area contributed by atoms with Gasteiger partial charge in [-0.15, -0.1) is 0 Å². The van der Waals surface area contributed by atoms with Gasteiger partial charge in [-0.05, 0) is 0 Å². The van der Waals surface area contributed by atoms with Crippen LogP contribution in [0.2, 0.25) is 0 Å². The summed E-state index contributed by atoms with van der Waals surface area (Å²) in [4.78, 5) is 44.5. The Balaban J connectivity index is 0.00000361. The van der Waals surface area contributed by atoms with Crippen molar-refractivity contribution in [3.8, 4) is 0 Å². The molecule has 0 amide bonds. The molecule has 2 fully saturated rings. The molecule has 208 valence electrons. The smallest absolute Gasteiger partial charge is 0.394 e. The first-order chi connectivity index (χ1) is 16.7. The van der Waals surface area contributed by atoms with E-state index in [1.54, 1.807) is 0 Å². The molecule has 0 bridgehead atoms. The summed E-state index contributed by atoms with van der Waals surface area (Å²) in [5, 5.41) is 58.6. The third-order valence-corrected chi connectivity index (χ3v) is 7.76. The van der Waals surface area contributed by atoms with Crippen molar-refractivity contribution in [2.24, 2.45) is 0 Å². The van der Waals surface area contributed by atoms with E-state index in [0.29, 0.717) is 0 Å². The van der Waals surface area contributed by atoms with Crippen molar-refractivity contribution in [3.05, 3.63) is 33.1 Å². The summed E-state index contributed by atoms with van der Waals surface area (Å²) < 4.78 is 48.1. The molecule has 2 unspecified atom stereocenters. The van der Waals surface area contributed by atoms with E-state index in [-0.39, 0.29) is 59.1 Å². The molecule has 0 aromatic carbocycles. The van der Waals surface area contributed by atoms with Crippen LogP contribution in [0.25, 0.3) is 0 Å². The van der Waals surface area contributed by atoms with Gasteiger partial charge in [0, 0.05) is 71.4 Å². The molecular formula is C15H24N2Na2O17P2. The van der Waals surface area contributed by atoms with Gasteiger partial charge in [-0.25, -0.2) is 13.9 Å². The number of nitrogens with zero attached hydrogens (tertiary/aromatic N) is 1. The van der Waals surface area contributed by atoms with Gasteiger partial charge in [-0.1, -0.05) is 0 Å². The average Bonchev–Trinajstić information content (AvgIpc) is 3.06. The topological polar surface area (TPSA) is 297 Å². The molecule has 23 heteroatoms. The summed E-state index contributed by atoms with van der Waals surface area (Å²) in [6, 6.07) is 0.928. The summed E-state index contributed by atoms with van der Waals surface area (Å²) in [5.74, 6) is 0. The Morgan fingerprint density at radius 1 is 0.895 bits per heavy atom. The number of aromatic amines is 1. The minimum Gasteiger partial charge on any atom is -0.394 e. The van der Waals surface area contributed by atoms with Gasteiger partial charge in [-0.3, -0.25) is 23.4 Å². The van der Waals surface area contributed by atoms with E-state index in [0.717, 1.165) is 16.8 Å². The fourth-order valence-corrected chi connectivity index (χ4v) is 5.51. The number of aliphatic hydroxyl groups is 6. The van der Waals surface area contributed by atoms with Gasteiger partial charge in [0.2, 0.25) is 0 Å². The molecule has 3 rings (SSSR count). The van der Waals surface area contributed by atoms with Crippen molar-refractivity contribution in [3.63, 3.8) is 0 Å². The van der Waals surface area contributed by atoms with E-state index in [2.05, 4.69) is 13.4 Å². The molecule has 1 aromatic heterocycles. The zero-order chi connectivity index (χ0) is 27.0. The van der Waals surface area contributed by atoms with Crippen LogP contribution in [0.3, 0.4) is 0 Å². The van der Waals surface area contributed by atoms with E-state index in [4.69, 9.17) is 14.6 Å². The van der Waals surface area contributed by atoms with Gasteiger partial charge in [0.25, 0.3) is 5.56 Å². The third-order valence-electron chi connectivity index (χ3n) is 5.16. The Labute approximate surface area is 256 Å². The second kappa shape index (κ2) is 14.7. The molecule has 2 aliphatic heterocycles. The van der Waals surface area contributed by atoms with E-state index in [1.807, 2.05) is 4.98 Å². The molecule has 0 saturated carbocycles. The van der Waals surface area contributed by atoms with Crippen LogP contribution in [-0.2, 0) is 32.0 Å². The number of hydrogen-bond donors (Lipinski definition) is 9. The van der Waals surface area contributed by atoms with Gasteiger partial charge < -0.3 is 49.9 Å². The molecular weight excluding hydrogens is 588 g/mol. The van der Waals surface area contributed by atoms with Gasteiger partial charge in [0.15, 0.2) is 12.5 Å². The second-order valence-electron chi connectivity index (χ2n) is 7.68. The van der Waals surface area contributed by atoms with Gasteiger partial charge in [0.05, 0.1) is 13.2 Å². The van der Waals surface area contributed by atoms with Crippen LogP contribution < -0.4 is 11.2 Å². The maximum absolute atomic E-state index is 12.2. The predicted molar refractivity (Wildman–Crippen MR) is 120 cm³/mol. The van der Waals surface area contributed by atoms with Crippen molar-refractivity contribution in [1.29, 1.82) is 0 Å². The van der Waals surface area contributed by atoms with Crippen molar-refractivity contribution in [1.82, 2.24) is 9.55 Å². The fraction of sp³-hybridized carbons (Fsp3) is 0.733. The van der Waals surface area contributed by atoms with Crippen molar-refractivity contribution in [2.45, 2.75) is 55.2 Å². The summed E-state index contributed by atoms with van der Waals surface area (Å²) in [6.07, 6.45) is -15.4. The standard InChI is InChI=1S/C15H24N2O17P2.2Na/c18-3-5-8(20)10(22)12(24)14(32-5)33-36(28,29)34-35(26,27)30-4-6-9(21)11(23)13(31-6)17-2-1-7(19)16-15(17)25;;/h1-2,5-6,8-14,18,20-24H,3-4H2,(H,26,27)(H,28,29)(H,16,19,25);;/t5-,6-,8-,9-,10+,11-,12-,13-,14-;;/m1../s1. The molecule has 3 heterocycles. The molecule has 11 atom stereocenters. The molecule has 2 aliphatic rings. The quantitative estimate of drug-likeness (QED) is 0.0928. The number of H-pyrrole nitrogens is 1. The number of rotatable bonds is 9. The van der Waals surface area contributed by atoms with E-state index < -0.39 is 95.4 Å². The van der Waals surface area contributed by atoms with Crippen LogP contribution in [0, 0.1) is 0 Å². The maximum atomic E-state index is 12.2. The van der Waals surface area contributed by atoms with Crippen molar-refractivity contribution >= 4 is 74.8 Å². The fourth-order valence-electron chi connectivity index (χ4n) is 3.35. The Kier molecular flexibility index (Phi) is 14.2. The van der Waals surface area contributed by atoms with Crippen molar-refractivity contribution < 1.29 is 72.4 Å². The number of hydrogen-bond acceptors (Lipinski definition) is 15. The zero-order valence-electron chi connectivity index (χ0n) is 19.9. The van der Waals surface area contributed by atoms with E-state index in [1.165, 1.54) is 0 Å². The normalized spacial score (nSPS) is 36.4. The Morgan fingerprint density at radius 3 is 2.08 bits per heavy atom. The van der Waals surface area contributed by atoms with E-state index in [9.17, 15) is 54.0 Å². The minimum absolute atomic E-state index is 0.